The van der Waals surface area contributed by atoms with Gasteiger partial charge in [-0.1, -0.05) is 6.92 Å². The van der Waals surface area contributed by atoms with E-state index in [1.807, 2.05) is 12.4 Å². The number of nitrogens with zero attached hydrogens (tertiary/aromatic N) is 2. The first-order valence-corrected chi connectivity index (χ1v) is 6.34. The van der Waals surface area contributed by atoms with Gasteiger partial charge < -0.3 is 4.57 Å². The van der Waals surface area contributed by atoms with Gasteiger partial charge in [0.25, 0.3) is 0 Å². The van der Waals surface area contributed by atoms with Crippen LogP contribution in [0, 0.1) is 5.92 Å². The van der Waals surface area contributed by atoms with Gasteiger partial charge in [0.15, 0.2) is 0 Å². The third-order valence-electron chi connectivity index (χ3n) is 3.42. The molecule has 3 nitrogen and oxygen atoms in total. The van der Waals surface area contributed by atoms with Crippen LogP contribution in [0.4, 0.5) is 0 Å². The molecule has 1 saturated carbocycles. The Hall–Kier alpha value is -1.12. The summed E-state index contributed by atoms with van der Waals surface area (Å²) in [5, 5.41) is 0. The Morgan fingerprint density at radius 3 is 3.12 bits per heavy atom. The highest BCUT2D eigenvalue weighted by molar-refractivity contribution is 5.82. The van der Waals surface area contributed by atoms with E-state index in [9.17, 15) is 4.79 Å². The first kappa shape index (κ1) is 11.4. The molecule has 0 spiro atoms. The molecule has 1 heterocycles. The van der Waals surface area contributed by atoms with Crippen LogP contribution in [0.5, 0.6) is 0 Å². The maximum absolute atomic E-state index is 11.5. The molecule has 1 aliphatic carbocycles. The average Bonchev–Trinajstić information content (AvgIpc) is 2.86. The van der Waals surface area contributed by atoms with Gasteiger partial charge in [-0.05, 0) is 25.7 Å². The molecule has 1 aromatic heterocycles. The van der Waals surface area contributed by atoms with Crippen molar-refractivity contribution in [1.29, 1.82) is 0 Å². The van der Waals surface area contributed by atoms with Crippen LogP contribution < -0.4 is 0 Å². The number of carbonyl (C=O) groups excluding carboxylic acids is 1. The Kier molecular flexibility index (Phi) is 3.75. The van der Waals surface area contributed by atoms with Crippen LogP contribution in [0.2, 0.25) is 0 Å². The Labute approximate surface area is 96.9 Å². The summed E-state index contributed by atoms with van der Waals surface area (Å²) >= 11 is 0. The molecule has 2 rings (SSSR count). The van der Waals surface area contributed by atoms with Crippen LogP contribution in [0.3, 0.4) is 0 Å². The van der Waals surface area contributed by atoms with E-state index in [2.05, 4.69) is 16.5 Å². The molecule has 1 aliphatic rings. The van der Waals surface area contributed by atoms with Gasteiger partial charge >= 0.3 is 0 Å². The zero-order valence-electron chi connectivity index (χ0n) is 9.98. The Morgan fingerprint density at radius 2 is 2.44 bits per heavy atom. The second kappa shape index (κ2) is 5.28. The second-order valence-corrected chi connectivity index (χ2v) is 4.63. The molecule has 1 unspecified atom stereocenters. The fourth-order valence-electron chi connectivity index (χ4n) is 2.48. The molecule has 0 aliphatic heterocycles. The lowest BCUT2D eigenvalue weighted by molar-refractivity contribution is -0.120. The summed E-state index contributed by atoms with van der Waals surface area (Å²) in [6, 6.07) is 0. The maximum atomic E-state index is 11.5. The number of aromatic nitrogens is 2. The summed E-state index contributed by atoms with van der Waals surface area (Å²) in [4.78, 5) is 15.9. The number of hydrogen-bond donors (Lipinski definition) is 0. The fourth-order valence-corrected chi connectivity index (χ4v) is 2.48. The molecule has 0 bridgehead atoms. The summed E-state index contributed by atoms with van der Waals surface area (Å²) in [5.41, 5.74) is 0. The number of imidazole rings is 1. The molecule has 1 aromatic rings. The first-order valence-electron chi connectivity index (χ1n) is 6.34. The normalized spacial score (nSPS) is 20.6. The van der Waals surface area contributed by atoms with Crippen LogP contribution >= 0.6 is 0 Å². The molecular formula is C13H20N2O. The highest BCUT2D eigenvalue weighted by Crippen LogP contribution is 2.24. The molecule has 0 radical (unpaired) electrons. The first-order chi connectivity index (χ1) is 7.81. The van der Waals surface area contributed by atoms with Gasteiger partial charge in [-0.15, -0.1) is 0 Å². The summed E-state index contributed by atoms with van der Waals surface area (Å²) < 4.78 is 2.20. The SMILES string of the molecule is CCCc1nccn1CCC1CCCC1=O. The summed E-state index contributed by atoms with van der Waals surface area (Å²) in [6.07, 6.45) is 10.0. The second-order valence-electron chi connectivity index (χ2n) is 4.63. The number of hydrogen-bond acceptors (Lipinski definition) is 2. The van der Waals surface area contributed by atoms with Crippen molar-refractivity contribution in [2.24, 2.45) is 5.92 Å². The standard InChI is InChI=1S/C13H20N2O/c1-2-4-13-14-8-10-15(13)9-7-11-5-3-6-12(11)16/h8,10-11H,2-7,9H2,1H3. The van der Waals surface area contributed by atoms with E-state index in [4.69, 9.17) is 0 Å². The minimum absolute atomic E-state index is 0.317. The third-order valence-corrected chi connectivity index (χ3v) is 3.42. The molecule has 88 valence electrons. The van der Waals surface area contributed by atoms with E-state index in [0.29, 0.717) is 11.7 Å². The predicted octanol–water partition coefficient (Wildman–Crippen LogP) is 2.59. The number of rotatable bonds is 5. The van der Waals surface area contributed by atoms with Gasteiger partial charge in [-0.3, -0.25) is 4.79 Å². The smallest absolute Gasteiger partial charge is 0.136 e. The quantitative estimate of drug-likeness (QED) is 0.764. The van der Waals surface area contributed by atoms with Crippen LogP contribution in [0.1, 0.15) is 44.9 Å². The minimum atomic E-state index is 0.317. The van der Waals surface area contributed by atoms with Gasteiger partial charge in [0, 0.05) is 37.7 Å². The van der Waals surface area contributed by atoms with E-state index in [-0.39, 0.29) is 0 Å². The lowest BCUT2D eigenvalue weighted by Gasteiger charge is -2.10. The van der Waals surface area contributed by atoms with E-state index in [1.54, 1.807) is 0 Å². The molecule has 0 amide bonds. The minimum Gasteiger partial charge on any atom is -0.335 e. The summed E-state index contributed by atoms with van der Waals surface area (Å²) in [6.45, 7) is 3.12. The molecule has 16 heavy (non-hydrogen) atoms. The van der Waals surface area contributed by atoms with Crippen molar-refractivity contribution in [3.63, 3.8) is 0 Å². The largest absolute Gasteiger partial charge is 0.335 e. The fraction of sp³-hybridized carbons (Fsp3) is 0.692. The van der Waals surface area contributed by atoms with Crippen molar-refractivity contribution in [2.45, 2.75) is 52.0 Å². The molecule has 3 heteroatoms. The molecular weight excluding hydrogens is 200 g/mol. The number of aryl methyl sites for hydroxylation is 2. The van der Waals surface area contributed by atoms with Gasteiger partial charge in [-0.25, -0.2) is 4.98 Å². The number of ketones is 1. The van der Waals surface area contributed by atoms with Crippen LogP contribution in [-0.2, 0) is 17.8 Å². The molecule has 0 saturated heterocycles. The average molecular weight is 220 g/mol. The molecule has 0 N–H and O–H groups in total. The Bertz CT molecular complexity index is 357. The van der Waals surface area contributed by atoms with Crippen molar-refractivity contribution in [2.75, 3.05) is 0 Å². The van der Waals surface area contributed by atoms with Crippen LogP contribution in [0.15, 0.2) is 12.4 Å². The van der Waals surface area contributed by atoms with E-state index >= 15 is 0 Å². The van der Waals surface area contributed by atoms with E-state index in [1.165, 1.54) is 0 Å². The van der Waals surface area contributed by atoms with Crippen molar-refractivity contribution in [3.8, 4) is 0 Å². The van der Waals surface area contributed by atoms with Gasteiger partial charge in [0.05, 0.1) is 0 Å². The maximum Gasteiger partial charge on any atom is 0.136 e. The highest BCUT2D eigenvalue weighted by atomic mass is 16.1. The molecule has 1 fully saturated rings. The third kappa shape index (κ3) is 2.52. The van der Waals surface area contributed by atoms with Crippen LogP contribution in [-0.4, -0.2) is 15.3 Å². The Balaban J connectivity index is 1.88. The lowest BCUT2D eigenvalue weighted by Crippen LogP contribution is -2.11. The monoisotopic (exact) mass is 220 g/mol. The molecule has 1 atom stereocenters. The van der Waals surface area contributed by atoms with Crippen LogP contribution in [0.25, 0.3) is 0 Å². The zero-order valence-corrected chi connectivity index (χ0v) is 9.98. The van der Waals surface area contributed by atoms with Gasteiger partial charge in [0.2, 0.25) is 0 Å². The summed E-state index contributed by atoms with van der Waals surface area (Å²) in [5.74, 6) is 1.95. The topological polar surface area (TPSA) is 34.9 Å². The zero-order chi connectivity index (χ0) is 11.4. The summed E-state index contributed by atoms with van der Waals surface area (Å²) in [7, 11) is 0. The van der Waals surface area contributed by atoms with Crippen molar-refractivity contribution in [1.82, 2.24) is 9.55 Å². The van der Waals surface area contributed by atoms with Crippen molar-refractivity contribution < 1.29 is 4.79 Å². The Morgan fingerprint density at radius 1 is 1.56 bits per heavy atom. The van der Waals surface area contributed by atoms with Gasteiger partial charge in [-0.2, -0.15) is 0 Å². The van der Waals surface area contributed by atoms with Crippen molar-refractivity contribution >= 4 is 5.78 Å². The van der Waals surface area contributed by atoms with E-state index in [0.717, 1.165) is 50.9 Å². The van der Waals surface area contributed by atoms with Crippen molar-refractivity contribution in [3.05, 3.63) is 18.2 Å². The predicted molar refractivity (Wildman–Crippen MR) is 63.2 cm³/mol. The number of Topliss-reactive ketones (excluding diaryl/α,β-unsaturated/α-hetero) is 1. The lowest BCUT2D eigenvalue weighted by atomic mass is 10.0. The highest BCUT2D eigenvalue weighted by Gasteiger charge is 2.23. The molecule has 0 aromatic carbocycles. The number of carbonyl (C=O) groups is 1. The van der Waals surface area contributed by atoms with Gasteiger partial charge in [0.1, 0.15) is 11.6 Å². The van der Waals surface area contributed by atoms with E-state index < -0.39 is 0 Å².